The molecule has 0 aliphatic heterocycles. The van der Waals surface area contributed by atoms with Crippen molar-refractivity contribution in [3.8, 4) is 0 Å². The first-order chi connectivity index (χ1) is 7.79. The Morgan fingerprint density at radius 1 is 1.38 bits per heavy atom. The summed E-state index contributed by atoms with van der Waals surface area (Å²) >= 11 is 1.33. The number of carbonyl (C=O) groups excluding carboxylic acids is 1. The number of aromatic nitrogens is 3. The Morgan fingerprint density at radius 3 is 2.81 bits per heavy atom. The van der Waals surface area contributed by atoms with Gasteiger partial charge >= 0.3 is 0 Å². The van der Waals surface area contributed by atoms with E-state index in [1.807, 2.05) is 0 Å². The Balaban J connectivity index is 2.09. The molecular formula is C8H8N6OS. The summed E-state index contributed by atoms with van der Waals surface area (Å²) in [4.78, 5) is 15.5. The topological polar surface area (TPSA) is 106 Å². The first-order valence-electron chi connectivity index (χ1n) is 4.31. The highest BCUT2D eigenvalue weighted by atomic mass is 32.1. The van der Waals surface area contributed by atoms with Crippen LogP contribution in [-0.4, -0.2) is 21.1 Å². The zero-order valence-corrected chi connectivity index (χ0v) is 8.86. The van der Waals surface area contributed by atoms with Crippen LogP contribution in [0.3, 0.4) is 0 Å². The minimum atomic E-state index is -0.356. The third-order valence-electron chi connectivity index (χ3n) is 1.70. The summed E-state index contributed by atoms with van der Waals surface area (Å²) in [7, 11) is 0. The summed E-state index contributed by atoms with van der Waals surface area (Å²) in [6.07, 6.45) is 1.60. The lowest BCUT2D eigenvalue weighted by Gasteiger charge is -2.01. The maximum absolute atomic E-state index is 11.6. The van der Waals surface area contributed by atoms with E-state index < -0.39 is 0 Å². The molecule has 0 unspecified atom stereocenters. The number of nitrogens with two attached hydrogens (primary N) is 1. The number of nitrogens with zero attached hydrogens (tertiary/aromatic N) is 3. The molecule has 0 aromatic carbocycles. The molecule has 0 fully saturated rings. The highest BCUT2D eigenvalue weighted by Crippen LogP contribution is 2.11. The van der Waals surface area contributed by atoms with Crippen molar-refractivity contribution in [1.82, 2.24) is 15.2 Å². The van der Waals surface area contributed by atoms with E-state index in [0.29, 0.717) is 10.9 Å². The van der Waals surface area contributed by atoms with Crippen LogP contribution in [-0.2, 0) is 0 Å². The minimum Gasteiger partial charge on any atom is -0.307 e. The van der Waals surface area contributed by atoms with Gasteiger partial charge in [-0.05, 0) is 12.1 Å². The van der Waals surface area contributed by atoms with Crippen LogP contribution in [0.25, 0.3) is 0 Å². The average molecular weight is 236 g/mol. The lowest BCUT2D eigenvalue weighted by Crippen LogP contribution is -2.15. The molecule has 2 aromatic rings. The number of amides is 1. The maximum atomic E-state index is 11.6. The van der Waals surface area contributed by atoms with Gasteiger partial charge < -0.3 is 5.43 Å². The summed E-state index contributed by atoms with van der Waals surface area (Å²) in [5.74, 6) is 5.16. The molecule has 0 bridgehead atoms. The van der Waals surface area contributed by atoms with Gasteiger partial charge in [0, 0.05) is 11.6 Å². The standard InChI is InChI=1S/C8H8N6OS/c9-12-6-2-1-5(13-14-6)7(15)11-8-10-3-4-16-8/h1-4H,9H2,(H,12,14)(H,10,11,15). The molecule has 2 heterocycles. The largest absolute Gasteiger partial charge is 0.307 e. The summed E-state index contributed by atoms with van der Waals surface area (Å²) < 4.78 is 0. The van der Waals surface area contributed by atoms with E-state index in [4.69, 9.17) is 5.84 Å². The van der Waals surface area contributed by atoms with E-state index >= 15 is 0 Å². The summed E-state index contributed by atoms with van der Waals surface area (Å²) in [5.41, 5.74) is 2.53. The molecule has 0 atom stereocenters. The molecule has 0 saturated heterocycles. The van der Waals surface area contributed by atoms with Crippen LogP contribution in [0, 0.1) is 0 Å². The third-order valence-corrected chi connectivity index (χ3v) is 2.39. The van der Waals surface area contributed by atoms with Crippen molar-refractivity contribution in [2.24, 2.45) is 5.84 Å². The van der Waals surface area contributed by atoms with E-state index in [9.17, 15) is 4.79 Å². The molecule has 0 aliphatic rings. The Kier molecular flexibility index (Phi) is 3.03. The summed E-state index contributed by atoms with van der Waals surface area (Å²) in [6.45, 7) is 0. The van der Waals surface area contributed by atoms with Crippen LogP contribution in [0.5, 0.6) is 0 Å². The SMILES string of the molecule is NNc1ccc(C(=O)Nc2nccs2)nn1. The number of rotatable bonds is 3. The van der Waals surface area contributed by atoms with Crippen LogP contribution in [0.4, 0.5) is 10.9 Å². The van der Waals surface area contributed by atoms with E-state index in [2.05, 4.69) is 25.9 Å². The monoisotopic (exact) mass is 236 g/mol. The van der Waals surface area contributed by atoms with Crippen molar-refractivity contribution in [3.63, 3.8) is 0 Å². The van der Waals surface area contributed by atoms with Crippen molar-refractivity contribution in [2.45, 2.75) is 0 Å². The predicted molar refractivity (Wildman–Crippen MR) is 59.9 cm³/mol. The zero-order chi connectivity index (χ0) is 11.4. The van der Waals surface area contributed by atoms with E-state index in [1.165, 1.54) is 17.4 Å². The summed E-state index contributed by atoms with van der Waals surface area (Å²) in [5, 5.41) is 12.3. The van der Waals surface area contributed by atoms with Gasteiger partial charge in [0.2, 0.25) is 0 Å². The fraction of sp³-hybridized carbons (Fsp3) is 0. The van der Waals surface area contributed by atoms with E-state index in [-0.39, 0.29) is 11.6 Å². The predicted octanol–water partition coefficient (Wildman–Crippen LogP) is 0.471. The number of nitrogens with one attached hydrogen (secondary N) is 2. The minimum absolute atomic E-state index is 0.203. The second kappa shape index (κ2) is 4.64. The Labute approximate surface area is 94.7 Å². The smallest absolute Gasteiger partial charge is 0.277 e. The van der Waals surface area contributed by atoms with Crippen LogP contribution < -0.4 is 16.6 Å². The molecule has 4 N–H and O–H groups in total. The number of anilines is 2. The molecule has 7 nitrogen and oxygen atoms in total. The lowest BCUT2D eigenvalue weighted by molar-refractivity contribution is 0.102. The average Bonchev–Trinajstić information content (AvgIpc) is 2.82. The van der Waals surface area contributed by atoms with Crippen molar-refractivity contribution in [3.05, 3.63) is 29.4 Å². The third kappa shape index (κ3) is 2.30. The zero-order valence-electron chi connectivity index (χ0n) is 8.04. The number of hydrazine groups is 1. The van der Waals surface area contributed by atoms with Crippen molar-refractivity contribution in [2.75, 3.05) is 10.7 Å². The Hall–Kier alpha value is -2.06. The number of hydrogen-bond acceptors (Lipinski definition) is 7. The van der Waals surface area contributed by atoms with Gasteiger partial charge in [0.15, 0.2) is 16.6 Å². The van der Waals surface area contributed by atoms with Crippen LogP contribution in [0.15, 0.2) is 23.7 Å². The maximum Gasteiger partial charge on any atom is 0.277 e. The Bertz CT molecular complexity index is 468. The van der Waals surface area contributed by atoms with Gasteiger partial charge in [-0.1, -0.05) is 0 Å². The molecule has 0 radical (unpaired) electrons. The molecular weight excluding hydrogens is 228 g/mol. The van der Waals surface area contributed by atoms with E-state index in [1.54, 1.807) is 17.6 Å². The molecule has 2 rings (SSSR count). The molecule has 0 aliphatic carbocycles. The van der Waals surface area contributed by atoms with Crippen molar-refractivity contribution < 1.29 is 4.79 Å². The van der Waals surface area contributed by atoms with Gasteiger partial charge in [-0.3, -0.25) is 10.1 Å². The van der Waals surface area contributed by atoms with Crippen LogP contribution >= 0.6 is 11.3 Å². The summed E-state index contributed by atoms with van der Waals surface area (Å²) in [6, 6.07) is 3.08. The number of thiazole rings is 1. The molecule has 2 aromatic heterocycles. The normalized spacial score (nSPS) is 9.81. The van der Waals surface area contributed by atoms with Gasteiger partial charge in [-0.25, -0.2) is 10.8 Å². The molecule has 82 valence electrons. The fourth-order valence-corrected chi connectivity index (χ4v) is 1.50. The van der Waals surface area contributed by atoms with Gasteiger partial charge in [0.25, 0.3) is 5.91 Å². The van der Waals surface area contributed by atoms with Crippen LogP contribution in [0.1, 0.15) is 10.5 Å². The molecule has 16 heavy (non-hydrogen) atoms. The van der Waals surface area contributed by atoms with Crippen molar-refractivity contribution >= 4 is 28.2 Å². The van der Waals surface area contributed by atoms with Crippen LogP contribution in [0.2, 0.25) is 0 Å². The first-order valence-corrected chi connectivity index (χ1v) is 5.19. The highest BCUT2D eigenvalue weighted by molar-refractivity contribution is 7.13. The second-order valence-corrected chi connectivity index (χ2v) is 3.63. The number of carbonyl (C=O) groups is 1. The fourth-order valence-electron chi connectivity index (χ4n) is 0.977. The van der Waals surface area contributed by atoms with Gasteiger partial charge in [-0.15, -0.1) is 21.5 Å². The number of nitrogen functional groups attached to an aromatic ring is 1. The first kappa shape index (κ1) is 10.5. The molecule has 1 amide bonds. The van der Waals surface area contributed by atoms with Crippen molar-refractivity contribution in [1.29, 1.82) is 0 Å². The van der Waals surface area contributed by atoms with Gasteiger partial charge in [0.05, 0.1) is 0 Å². The second-order valence-electron chi connectivity index (χ2n) is 2.74. The Morgan fingerprint density at radius 2 is 2.25 bits per heavy atom. The highest BCUT2D eigenvalue weighted by Gasteiger charge is 2.09. The van der Waals surface area contributed by atoms with E-state index in [0.717, 1.165) is 0 Å². The molecule has 0 spiro atoms. The molecule has 0 saturated carbocycles. The lowest BCUT2D eigenvalue weighted by atomic mass is 10.3. The quantitative estimate of drug-likeness (QED) is 0.528. The number of hydrogen-bond donors (Lipinski definition) is 3. The van der Waals surface area contributed by atoms with Gasteiger partial charge in [-0.2, -0.15) is 0 Å². The molecule has 8 heteroatoms. The van der Waals surface area contributed by atoms with Gasteiger partial charge in [0.1, 0.15) is 0 Å².